The van der Waals surface area contributed by atoms with E-state index in [0.717, 1.165) is 0 Å². The number of piperidine rings is 1. The Labute approximate surface area is 152 Å². The van der Waals surface area contributed by atoms with E-state index >= 15 is 0 Å². The van der Waals surface area contributed by atoms with Gasteiger partial charge >= 0.3 is 0 Å². The summed E-state index contributed by atoms with van der Waals surface area (Å²) in [5.74, 6) is 0.279. The molecule has 7 nitrogen and oxygen atoms in total. The number of ether oxygens (including phenoxy) is 2. The highest BCUT2D eigenvalue weighted by molar-refractivity contribution is 6.02. The summed E-state index contributed by atoms with van der Waals surface area (Å²) in [4.78, 5) is 38.3. The monoisotopic (exact) mass is 360 g/mol. The molecule has 1 atom stereocenters. The Hall–Kier alpha value is -2.41. The first-order valence-corrected chi connectivity index (χ1v) is 8.96. The second kappa shape index (κ2) is 7.86. The Morgan fingerprint density at radius 1 is 1.31 bits per heavy atom. The maximum Gasteiger partial charge on any atom is 0.265 e. The van der Waals surface area contributed by atoms with Crippen LogP contribution in [0.1, 0.15) is 36.5 Å². The number of hydrogen-bond acceptors (Lipinski definition) is 5. The molecular formula is C19H24N2O5. The number of likely N-dealkylation sites (tertiary alicyclic amines) is 1. The number of nitrogens with one attached hydrogen (secondary N) is 1. The molecule has 1 aromatic rings. The number of nitrogens with zero attached hydrogens (tertiary/aromatic N) is 1. The average Bonchev–Trinajstić information content (AvgIpc) is 2.66. The molecular weight excluding hydrogens is 336 g/mol. The number of fused-ring (bicyclic) bond motifs is 1. The minimum atomic E-state index is -0.488. The molecule has 1 N–H and O–H groups in total. The summed E-state index contributed by atoms with van der Waals surface area (Å²) < 4.78 is 10.5. The van der Waals surface area contributed by atoms with Crippen LogP contribution >= 0.6 is 0 Å². The summed E-state index contributed by atoms with van der Waals surface area (Å²) in [6.45, 7) is 3.07. The molecule has 26 heavy (non-hydrogen) atoms. The van der Waals surface area contributed by atoms with Gasteiger partial charge in [0.25, 0.3) is 5.91 Å². The number of Topliss-reactive ketones (excluding diaryl/α,β-unsaturated/α-hetero) is 1. The van der Waals surface area contributed by atoms with Crippen LogP contribution in [0.5, 0.6) is 5.75 Å². The number of hydrogen-bond donors (Lipinski definition) is 1. The van der Waals surface area contributed by atoms with E-state index in [2.05, 4.69) is 5.32 Å². The van der Waals surface area contributed by atoms with E-state index in [0.29, 0.717) is 49.4 Å². The molecule has 1 aromatic carbocycles. The second-order valence-corrected chi connectivity index (χ2v) is 6.67. The van der Waals surface area contributed by atoms with E-state index in [1.807, 2.05) is 6.92 Å². The van der Waals surface area contributed by atoms with Crippen LogP contribution in [0.15, 0.2) is 18.2 Å². The molecule has 0 saturated carbocycles. The van der Waals surface area contributed by atoms with Gasteiger partial charge in [-0.2, -0.15) is 0 Å². The van der Waals surface area contributed by atoms with Gasteiger partial charge in [0.05, 0.1) is 5.69 Å². The van der Waals surface area contributed by atoms with Crippen LogP contribution in [-0.4, -0.2) is 55.4 Å². The summed E-state index contributed by atoms with van der Waals surface area (Å²) in [5.41, 5.74) is 1.10. The van der Waals surface area contributed by atoms with Crippen LogP contribution in [0.25, 0.3) is 0 Å². The van der Waals surface area contributed by atoms with Crippen molar-refractivity contribution in [2.75, 3.05) is 32.1 Å². The number of carbonyl (C=O) groups excluding carboxylic acids is 3. The third kappa shape index (κ3) is 3.72. The second-order valence-electron chi connectivity index (χ2n) is 6.67. The van der Waals surface area contributed by atoms with E-state index in [9.17, 15) is 14.4 Å². The molecule has 2 aliphatic heterocycles. The molecule has 1 fully saturated rings. The Bertz CT molecular complexity index is 710. The van der Waals surface area contributed by atoms with Crippen LogP contribution in [0.4, 0.5) is 5.69 Å². The maximum absolute atomic E-state index is 12.8. The normalized spacial score (nSPS) is 20.2. The highest BCUT2D eigenvalue weighted by atomic mass is 16.5. The lowest BCUT2D eigenvalue weighted by molar-refractivity contribution is -0.136. The van der Waals surface area contributed by atoms with Crippen molar-refractivity contribution >= 4 is 23.3 Å². The Morgan fingerprint density at radius 2 is 2.04 bits per heavy atom. The van der Waals surface area contributed by atoms with E-state index in [1.165, 1.54) is 7.11 Å². The van der Waals surface area contributed by atoms with E-state index in [1.54, 1.807) is 23.1 Å². The third-order valence-corrected chi connectivity index (χ3v) is 4.94. The predicted octanol–water partition coefficient (Wildman–Crippen LogP) is 1.86. The van der Waals surface area contributed by atoms with Gasteiger partial charge in [0, 0.05) is 31.7 Å². The SMILES string of the molecule is CC[C@H]1Oc2ccc(C(=O)C3CCN(C(=O)COC)CC3)cc2NC1=O. The summed E-state index contributed by atoms with van der Waals surface area (Å²) in [6, 6.07) is 5.17. The fourth-order valence-electron chi connectivity index (χ4n) is 3.41. The quantitative estimate of drug-likeness (QED) is 0.810. The molecule has 0 bridgehead atoms. The number of ketones is 1. The molecule has 2 heterocycles. The summed E-state index contributed by atoms with van der Waals surface area (Å²) >= 11 is 0. The third-order valence-electron chi connectivity index (χ3n) is 4.94. The number of carbonyl (C=O) groups is 3. The first kappa shape index (κ1) is 18.4. The van der Waals surface area contributed by atoms with Crippen molar-refractivity contribution in [2.45, 2.75) is 32.3 Å². The molecule has 0 aliphatic carbocycles. The number of methoxy groups -OCH3 is 1. The lowest BCUT2D eigenvalue weighted by Crippen LogP contribution is -2.41. The molecule has 140 valence electrons. The van der Waals surface area contributed by atoms with Crippen LogP contribution in [-0.2, 0) is 14.3 Å². The Morgan fingerprint density at radius 3 is 2.69 bits per heavy atom. The Kier molecular flexibility index (Phi) is 5.56. The highest BCUT2D eigenvalue weighted by Gasteiger charge is 2.30. The zero-order valence-electron chi connectivity index (χ0n) is 15.1. The lowest BCUT2D eigenvalue weighted by atomic mass is 9.88. The molecule has 0 unspecified atom stereocenters. The fourth-order valence-corrected chi connectivity index (χ4v) is 3.41. The minimum absolute atomic E-state index is 0.0403. The number of rotatable bonds is 5. The van der Waals surface area contributed by atoms with E-state index in [4.69, 9.17) is 9.47 Å². The molecule has 0 spiro atoms. The topological polar surface area (TPSA) is 84.9 Å². The van der Waals surface area contributed by atoms with Crippen molar-refractivity contribution in [2.24, 2.45) is 5.92 Å². The van der Waals surface area contributed by atoms with Crippen molar-refractivity contribution in [3.63, 3.8) is 0 Å². The van der Waals surface area contributed by atoms with Gasteiger partial charge in [0.15, 0.2) is 11.9 Å². The van der Waals surface area contributed by atoms with Gasteiger partial charge in [-0.3, -0.25) is 14.4 Å². The summed E-state index contributed by atoms with van der Waals surface area (Å²) in [7, 11) is 1.50. The number of amides is 2. The molecule has 3 rings (SSSR count). The maximum atomic E-state index is 12.8. The van der Waals surface area contributed by atoms with Crippen molar-refractivity contribution < 1.29 is 23.9 Å². The molecule has 0 radical (unpaired) electrons. The van der Waals surface area contributed by atoms with Crippen LogP contribution in [0, 0.1) is 5.92 Å². The van der Waals surface area contributed by atoms with E-state index in [-0.39, 0.29) is 30.1 Å². The standard InChI is InChI=1S/C19H24N2O5/c1-3-15-19(24)20-14-10-13(4-5-16(14)26-15)18(23)12-6-8-21(9-7-12)17(22)11-25-2/h4-5,10,12,15H,3,6-9,11H2,1-2H3,(H,20,24)/t15-/m1/s1. The zero-order chi connectivity index (χ0) is 18.7. The predicted molar refractivity (Wildman–Crippen MR) is 95.3 cm³/mol. The van der Waals surface area contributed by atoms with Crippen LogP contribution < -0.4 is 10.1 Å². The van der Waals surface area contributed by atoms with Gasteiger partial charge in [-0.1, -0.05) is 6.92 Å². The van der Waals surface area contributed by atoms with Crippen molar-refractivity contribution in [3.05, 3.63) is 23.8 Å². The van der Waals surface area contributed by atoms with Gasteiger partial charge in [0.2, 0.25) is 5.91 Å². The van der Waals surface area contributed by atoms with Gasteiger partial charge in [-0.15, -0.1) is 0 Å². The fraction of sp³-hybridized carbons (Fsp3) is 0.526. The van der Waals surface area contributed by atoms with Crippen LogP contribution in [0.3, 0.4) is 0 Å². The first-order chi connectivity index (χ1) is 12.5. The van der Waals surface area contributed by atoms with E-state index < -0.39 is 6.10 Å². The summed E-state index contributed by atoms with van der Waals surface area (Å²) in [5, 5.41) is 2.81. The lowest BCUT2D eigenvalue weighted by Gasteiger charge is -2.31. The largest absolute Gasteiger partial charge is 0.478 e. The number of anilines is 1. The van der Waals surface area contributed by atoms with Crippen molar-refractivity contribution in [1.82, 2.24) is 4.90 Å². The van der Waals surface area contributed by atoms with Crippen molar-refractivity contribution in [1.29, 1.82) is 0 Å². The molecule has 7 heteroatoms. The summed E-state index contributed by atoms with van der Waals surface area (Å²) in [6.07, 6.45) is 1.36. The molecule has 1 saturated heterocycles. The minimum Gasteiger partial charge on any atom is -0.478 e. The van der Waals surface area contributed by atoms with Gasteiger partial charge in [0.1, 0.15) is 12.4 Å². The Balaban J connectivity index is 1.65. The van der Waals surface area contributed by atoms with Gasteiger partial charge in [-0.25, -0.2) is 0 Å². The van der Waals surface area contributed by atoms with Crippen molar-refractivity contribution in [3.8, 4) is 5.75 Å². The molecule has 2 amide bonds. The van der Waals surface area contributed by atoms with Gasteiger partial charge < -0.3 is 19.7 Å². The molecule has 0 aromatic heterocycles. The zero-order valence-corrected chi connectivity index (χ0v) is 15.1. The first-order valence-electron chi connectivity index (χ1n) is 8.96. The smallest absolute Gasteiger partial charge is 0.265 e. The van der Waals surface area contributed by atoms with Gasteiger partial charge in [-0.05, 0) is 37.5 Å². The number of benzene rings is 1. The highest BCUT2D eigenvalue weighted by Crippen LogP contribution is 2.32. The average molecular weight is 360 g/mol. The van der Waals surface area contributed by atoms with Crippen LogP contribution in [0.2, 0.25) is 0 Å². The molecule has 2 aliphatic rings.